The number of carbonyl (C=O) groups excluding carboxylic acids is 1. The maximum absolute atomic E-state index is 13.0. The summed E-state index contributed by atoms with van der Waals surface area (Å²) in [6.07, 6.45) is 7.47. The van der Waals surface area contributed by atoms with Crippen LogP contribution in [0.4, 0.5) is 0 Å². The Bertz CT molecular complexity index is 800. The number of hydrogen-bond donors (Lipinski definition) is 2. The molecule has 1 saturated carbocycles. The van der Waals surface area contributed by atoms with E-state index in [2.05, 4.69) is 35.5 Å². The smallest absolute Gasteiger partial charge is 0.240 e. The largest absolute Gasteiger partial charge is 0.331 e. The third kappa shape index (κ3) is 3.98. The topological polar surface area (TPSA) is 64.2 Å². The molecule has 2 aliphatic rings. The van der Waals surface area contributed by atoms with E-state index in [4.69, 9.17) is 10.8 Å². The SMILES string of the molecule is N[C@@H](CS)C(=O)N1CCn2nc(-c3ccccc3)cc2[C@H]1CC1CCCCC1. The molecule has 1 aliphatic carbocycles. The van der Waals surface area contributed by atoms with E-state index in [1.807, 2.05) is 23.1 Å². The highest BCUT2D eigenvalue weighted by Crippen LogP contribution is 2.38. The minimum Gasteiger partial charge on any atom is -0.331 e. The van der Waals surface area contributed by atoms with E-state index in [0.29, 0.717) is 24.8 Å². The molecule has 2 aromatic rings. The number of fused-ring (bicyclic) bond motifs is 1. The lowest BCUT2D eigenvalue weighted by Gasteiger charge is -2.39. The summed E-state index contributed by atoms with van der Waals surface area (Å²) in [6.45, 7) is 1.38. The molecule has 2 heterocycles. The van der Waals surface area contributed by atoms with Gasteiger partial charge in [-0.3, -0.25) is 9.48 Å². The second kappa shape index (κ2) is 8.70. The second-order valence-corrected chi connectivity index (χ2v) is 8.48. The van der Waals surface area contributed by atoms with Crippen LogP contribution in [0.1, 0.15) is 50.3 Å². The van der Waals surface area contributed by atoms with E-state index in [1.54, 1.807) is 0 Å². The minimum atomic E-state index is -0.541. The quantitative estimate of drug-likeness (QED) is 0.756. The molecular formula is C22H30N4OS. The Morgan fingerprint density at radius 1 is 1.18 bits per heavy atom. The Kier molecular flexibility index (Phi) is 6.07. The van der Waals surface area contributed by atoms with E-state index in [0.717, 1.165) is 23.4 Å². The number of rotatable bonds is 5. The first-order chi connectivity index (χ1) is 13.7. The summed E-state index contributed by atoms with van der Waals surface area (Å²) in [5, 5.41) is 4.86. The predicted octanol–water partition coefficient (Wildman–Crippen LogP) is 3.66. The molecule has 1 aromatic heterocycles. The summed E-state index contributed by atoms with van der Waals surface area (Å²) in [7, 11) is 0. The summed E-state index contributed by atoms with van der Waals surface area (Å²) >= 11 is 4.25. The Hall–Kier alpha value is -1.79. The van der Waals surface area contributed by atoms with Crippen molar-refractivity contribution in [3.8, 4) is 11.3 Å². The number of thiol groups is 1. The lowest BCUT2D eigenvalue weighted by Crippen LogP contribution is -2.50. The van der Waals surface area contributed by atoms with Crippen LogP contribution in [0, 0.1) is 5.92 Å². The van der Waals surface area contributed by atoms with E-state index in [-0.39, 0.29) is 11.9 Å². The molecular weight excluding hydrogens is 368 g/mol. The normalized spacial score (nSPS) is 21.4. The average molecular weight is 399 g/mol. The van der Waals surface area contributed by atoms with Gasteiger partial charge in [0.05, 0.1) is 30.0 Å². The van der Waals surface area contributed by atoms with Crippen LogP contribution in [0.2, 0.25) is 0 Å². The number of nitrogens with zero attached hydrogens (tertiary/aromatic N) is 3. The third-order valence-electron chi connectivity index (χ3n) is 6.23. The molecule has 6 heteroatoms. The zero-order valence-electron chi connectivity index (χ0n) is 16.3. The Morgan fingerprint density at radius 2 is 1.93 bits per heavy atom. The standard InChI is InChI=1S/C22H30N4OS/c23-18(15-28)22(27)25-11-12-26-21(20(25)13-16-7-3-1-4-8-16)14-19(24-26)17-9-5-2-6-10-17/h2,5-6,9-10,14,16,18,20,28H,1,3-4,7-8,11-13,15,23H2/t18-,20+/m0/s1. The Labute approximate surface area is 172 Å². The molecule has 1 amide bonds. The first kappa shape index (κ1) is 19.5. The molecule has 2 N–H and O–H groups in total. The summed E-state index contributed by atoms with van der Waals surface area (Å²) < 4.78 is 2.10. The Balaban J connectivity index is 1.66. The van der Waals surface area contributed by atoms with E-state index in [9.17, 15) is 4.79 Å². The maximum Gasteiger partial charge on any atom is 0.240 e. The van der Waals surface area contributed by atoms with Crippen LogP contribution in [0.25, 0.3) is 11.3 Å². The molecule has 5 nitrogen and oxygen atoms in total. The van der Waals surface area contributed by atoms with Crippen molar-refractivity contribution in [2.45, 2.75) is 57.2 Å². The van der Waals surface area contributed by atoms with Crippen LogP contribution in [0.3, 0.4) is 0 Å². The van der Waals surface area contributed by atoms with Gasteiger partial charge in [0.2, 0.25) is 5.91 Å². The van der Waals surface area contributed by atoms with Gasteiger partial charge in [0.1, 0.15) is 0 Å². The van der Waals surface area contributed by atoms with Crippen molar-refractivity contribution in [3.05, 3.63) is 42.1 Å². The van der Waals surface area contributed by atoms with E-state index in [1.165, 1.54) is 32.1 Å². The van der Waals surface area contributed by atoms with Gasteiger partial charge in [-0.05, 0) is 18.4 Å². The highest BCUT2D eigenvalue weighted by molar-refractivity contribution is 7.80. The number of amides is 1. The lowest BCUT2D eigenvalue weighted by molar-refractivity contribution is -0.136. The van der Waals surface area contributed by atoms with Crippen LogP contribution in [-0.2, 0) is 11.3 Å². The van der Waals surface area contributed by atoms with Crippen molar-refractivity contribution in [1.82, 2.24) is 14.7 Å². The van der Waals surface area contributed by atoms with Crippen molar-refractivity contribution in [2.24, 2.45) is 11.7 Å². The van der Waals surface area contributed by atoms with Crippen molar-refractivity contribution >= 4 is 18.5 Å². The number of carbonyl (C=O) groups is 1. The fourth-order valence-electron chi connectivity index (χ4n) is 4.69. The van der Waals surface area contributed by atoms with Crippen LogP contribution >= 0.6 is 12.6 Å². The minimum absolute atomic E-state index is 0.0181. The van der Waals surface area contributed by atoms with Gasteiger partial charge in [-0.1, -0.05) is 62.4 Å². The van der Waals surface area contributed by atoms with Crippen molar-refractivity contribution in [1.29, 1.82) is 0 Å². The van der Waals surface area contributed by atoms with Gasteiger partial charge in [-0.2, -0.15) is 17.7 Å². The van der Waals surface area contributed by atoms with E-state index >= 15 is 0 Å². The monoisotopic (exact) mass is 398 g/mol. The highest BCUT2D eigenvalue weighted by Gasteiger charge is 2.36. The summed E-state index contributed by atoms with van der Waals surface area (Å²) in [5.41, 5.74) is 9.32. The molecule has 0 spiro atoms. The third-order valence-corrected chi connectivity index (χ3v) is 6.62. The zero-order valence-corrected chi connectivity index (χ0v) is 17.2. The molecule has 0 bridgehead atoms. The Morgan fingerprint density at radius 3 is 2.64 bits per heavy atom. The zero-order chi connectivity index (χ0) is 19.5. The summed E-state index contributed by atoms with van der Waals surface area (Å²) in [5.74, 6) is 1.06. The molecule has 1 fully saturated rings. The van der Waals surface area contributed by atoms with Crippen LogP contribution in [0.5, 0.6) is 0 Å². The van der Waals surface area contributed by atoms with E-state index < -0.39 is 6.04 Å². The molecule has 150 valence electrons. The number of aromatic nitrogens is 2. The van der Waals surface area contributed by atoms with Gasteiger partial charge < -0.3 is 10.6 Å². The molecule has 0 radical (unpaired) electrons. The van der Waals surface area contributed by atoms with Crippen molar-refractivity contribution in [3.63, 3.8) is 0 Å². The molecule has 0 unspecified atom stereocenters. The van der Waals surface area contributed by atoms with Crippen LogP contribution in [-0.4, -0.2) is 38.9 Å². The molecule has 2 atom stereocenters. The van der Waals surface area contributed by atoms with Crippen molar-refractivity contribution < 1.29 is 4.79 Å². The first-order valence-corrected chi connectivity index (χ1v) is 11.1. The molecule has 1 aromatic carbocycles. The number of nitrogens with two attached hydrogens (primary N) is 1. The fourth-order valence-corrected chi connectivity index (χ4v) is 4.84. The van der Waals surface area contributed by atoms with Crippen LogP contribution in [0.15, 0.2) is 36.4 Å². The fraction of sp³-hybridized carbons (Fsp3) is 0.545. The van der Waals surface area contributed by atoms with Gasteiger partial charge in [-0.25, -0.2) is 0 Å². The maximum atomic E-state index is 13.0. The first-order valence-electron chi connectivity index (χ1n) is 10.5. The predicted molar refractivity (Wildman–Crippen MR) is 115 cm³/mol. The summed E-state index contributed by atoms with van der Waals surface area (Å²) in [6, 6.07) is 12.0. The second-order valence-electron chi connectivity index (χ2n) is 8.12. The molecule has 28 heavy (non-hydrogen) atoms. The molecule has 1 aliphatic heterocycles. The molecule has 4 rings (SSSR count). The van der Waals surface area contributed by atoms with Gasteiger partial charge in [0, 0.05) is 17.9 Å². The highest BCUT2D eigenvalue weighted by atomic mass is 32.1. The summed E-state index contributed by atoms with van der Waals surface area (Å²) in [4.78, 5) is 15.0. The van der Waals surface area contributed by atoms with Crippen molar-refractivity contribution in [2.75, 3.05) is 12.3 Å². The molecule has 0 saturated heterocycles. The van der Waals surface area contributed by atoms with Crippen LogP contribution < -0.4 is 5.73 Å². The van der Waals surface area contributed by atoms with Gasteiger partial charge in [-0.15, -0.1) is 0 Å². The lowest BCUT2D eigenvalue weighted by atomic mass is 9.83. The number of benzene rings is 1. The average Bonchev–Trinajstić information content (AvgIpc) is 3.19. The number of hydrogen-bond acceptors (Lipinski definition) is 4. The van der Waals surface area contributed by atoms with Gasteiger partial charge >= 0.3 is 0 Å². The van der Waals surface area contributed by atoms with Gasteiger partial charge in [0.25, 0.3) is 0 Å². The van der Waals surface area contributed by atoms with Gasteiger partial charge in [0.15, 0.2) is 0 Å².